The molecule has 3 saturated heterocycles. The lowest BCUT2D eigenvalue weighted by Crippen LogP contribution is -2.73. The Morgan fingerprint density at radius 3 is 2.23 bits per heavy atom. The molecule has 4 aliphatic heterocycles. The Bertz CT molecular complexity index is 1190. The van der Waals surface area contributed by atoms with Gasteiger partial charge in [-0.05, 0) is 50.0 Å². The summed E-state index contributed by atoms with van der Waals surface area (Å²) in [4.78, 5) is 14.3. The second kappa shape index (κ2) is 11.0. The number of hydrogen-bond acceptors (Lipinski definition) is 8. The molecule has 13 atom stereocenters. The van der Waals surface area contributed by atoms with Crippen molar-refractivity contribution in [1.82, 2.24) is 0 Å². The van der Waals surface area contributed by atoms with Crippen molar-refractivity contribution in [3.8, 4) is 0 Å². The number of aliphatic hydroxyl groups excluding tert-OH is 2. The van der Waals surface area contributed by atoms with Crippen molar-refractivity contribution >= 4 is 5.78 Å². The molecule has 0 aromatic carbocycles. The molecule has 0 aromatic heterocycles. The van der Waals surface area contributed by atoms with Gasteiger partial charge < -0.3 is 34.3 Å². The highest BCUT2D eigenvalue weighted by molar-refractivity contribution is 5.93. The topological polar surface area (TPSA) is 118 Å². The van der Waals surface area contributed by atoms with E-state index < -0.39 is 71.0 Å². The van der Waals surface area contributed by atoms with Crippen LogP contribution in [0.3, 0.4) is 0 Å². The molecule has 2 spiro atoms. The van der Waals surface area contributed by atoms with Crippen molar-refractivity contribution in [2.45, 2.75) is 157 Å². The van der Waals surface area contributed by atoms with Crippen LogP contribution < -0.4 is 0 Å². The first kappa shape index (κ1) is 31.5. The monoisotopic (exact) mass is 614 g/mol. The van der Waals surface area contributed by atoms with Crippen LogP contribution in [0.2, 0.25) is 0 Å². The average molecular weight is 615 g/mol. The number of ether oxygens (including phenoxy) is 4. The molecular weight excluding hydrogens is 560 g/mol. The second-order valence-corrected chi connectivity index (χ2v) is 15.5. The molecule has 3 saturated carbocycles. The van der Waals surface area contributed by atoms with E-state index in [9.17, 15) is 20.1 Å². The standard InChI is InChI=1S/C36H54O8/c1-22(2)32-20-23(3)36-26-29(32)42-34(43-32,44-36)19-17-15-13-11-9-7-5-6-8-10-12-14-16-18-25-24(4)28(38)35(40,27(25)36)31(39)33(21-37)30(26)41-33/h17,19,23-27,29-31,37,39-40H,1,5-16,18,20-21H2,2-4H3/t23-,24+,25+,26-,27-,29-,30+,31-,32-,33+,34-,35-,36-/m1/s1. The largest absolute Gasteiger partial charge is 0.393 e. The average Bonchev–Trinajstić information content (AvgIpc) is 3.64. The third kappa shape index (κ3) is 4.10. The Morgan fingerprint density at radius 2 is 1.59 bits per heavy atom. The molecule has 3 aliphatic carbocycles. The summed E-state index contributed by atoms with van der Waals surface area (Å²) in [5.74, 6) is -3.92. The summed E-state index contributed by atoms with van der Waals surface area (Å²) >= 11 is 0. The van der Waals surface area contributed by atoms with Gasteiger partial charge in [-0.25, -0.2) is 0 Å². The number of rotatable bonds is 2. The summed E-state index contributed by atoms with van der Waals surface area (Å²) in [6, 6.07) is 0. The van der Waals surface area contributed by atoms with E-state index in [1.807, 2.05) is 19.9 Å². The number of aliphatic hydroxyl groups is 3. The third-order valence-electron chi connectivity index (χ3n) is 13.1. The van der Waals surface area contributed by atoms with Crippen LogP contribution in [-0.2, 0) is 23.7 Å². The number of carbonyl (C=O) groups excluding carboxylic acids is 1. The Kier molecular flexibility index (Phi) is 7.84. The summed E-state index contributed by atoms with van der Waals surface area (Å²) in [6.07, 6.45) is 16.4. The van der Waals surface area contributed by atoms with Gasteiger partial charge in [-0.15, -0.1) is 0 Å². The van der Waals surface area contributed by atoms with Crippen LogP contribution in [0.15, 0.2) is 24.3 Å². The summed E-state index contributed by atoms with van der Waals surface area (Å²) in [6.45, 7) is 9.85. The Morgan fingerprint density at radius 1 is 0.955 bits per heavy atom. The Balaban J connectivity index is 1.37. The lowest BCUT2D eigenvalue weighted by Gasteiger charge is -2.60. The van der Waals surface area contributed by atoms with E-state index >= 15 is 0 Å². The highest BCUT2D eigenvalue weighted by Crippen LogP contribution is 2.74. The van der Waals surface area contributed by atoms with Gasteiger partial charge >= 0.3 is 5.97 Å². The predicted molar refractivity (Wildman–Crippen MR) is 163 cm³/mol. The molecule has 44 heavy (non-hydrogen) atoms. The van der Waals surface area contributed by atoms with Gasteiger partial charge in [0.15, 0.2) is 11.4 Å². The van der Waals surface area contributed by atoms with E-state index in [0.717, 1.165) is 44.1 Å². The molecule has 6 fully saturated rings. The summed E-state index contributed by atoms with van der Waals surface area (Å²) in [5, 5.41) is 35.5. The van der Waals surface area contributed by atoms with E-state index in [1.54, 1.807) is 0 Å². The highest BCUT2D eigenvalue weighted by atomic mass is 16.9. The number of allylic oxidation sites excluding steroid dienone is 1. The van der Waals surface area contributed by atoms with Gasteiger partial charge in [0.1, 0.15) is 29.5 Å². The van der Waals surface area contributed by atoms with Crippen molar-refractivity contribution in [3.05, 3.63) is 24.3 Å². The zero-order valence-corrected chi connectivity index (χ0v) is 27.0. The van der Waals surface area contributed by atoms with Crippen molar-refractivity contribution < 1.29 is 39.1 Å². The second-order valence-electron chi connectivity index (χ2n) is 15.5. The van der Waals surface area contributed by atoms with Crippen LogP contribution in [0.4, 0.5) is 0 Å². The summed E-state index contributed by atoms with van der Waals surface area (Å²) in [7, 11) is 0. The van der Waals surface area contributed by atoms with E-state index in [1.165, 1.54) is 44.9 Å². The normalized spacial score (nSPS) is 54.0. The summed E-state index contributed by atoms with van der Waals surface area (Å²) in [5.41, 5.74) is -4.74. The number of epoxide rings is 1. The fraction of sp³-hybridized carbons (Fsp3) is 0.861. The molecule has 7 aliphatic rings. The van der Waals surface area contributed by atoms with Gasteiger partial charge in [0.05, 0.1) is 12.2 Å². The highest BCUT2D eigenvalue weighted by Gasteiger charge is 2.89. The first-order chi connectivity index (χ1) is 21.0. The van der Waals surface area contributed by atoms with E-state index in [0.29, 0.717) is 6.42 Å². The molecule has 7 rings (SSSR count). The van der Waals surface area contributed by atoms with Crippen LogP contribution in [0.5, 0.6) is 0 Å². The minimum Gasteiger partial charge on any atom is -0.393 e. The number of hydrogen-bond donors (Lipinski definition) is 3. The number of Topliss-reactive ketones (excluding diaryl/α,β-unsaturated/α-hetero) is 1. The number of ketones is 1. The van der Waals surface area contributed by atoms with Gasteiger partial charge in [-0.3, -0.25) is 4.79 Å². The van der Waals surface area contributed by atoms with Crippen LogP contribution >= 0.6 is 0 Å². The third-order valence-corrected chi connectivity index (χ3v) is 13.1. The number of fused-ring (bicyclic) bond motifs is 1. The molecule has 0 amide bonds. The lowest BCUT2D eigenvalue weighted by atomic mass is 9.52. The number of carbonyl (C=O) groups is 1. The van der Waals surface area contributed by atoms with Gasteiger partial charge in [0.25, 0.3) is 0 Å². The smallest absolute Gasteiger partial charge is 0.306 e. The van der Waals surface area contributed by atoms with Crippen LogP contribution in [-0.4, -0.2) is 74.4 Å². The maximum Gasteiger partial charge on any atom is 0.306 e. The molecule has 3 bridgehead atoms. The molecule has 0 unspecified atom stereocenters. The molecule has 0 aromatic rings. The Labute approximate surface area is 262 Å². The maximum absolute atomic E-state index is 14.3. The minimum atomic E-state index is -2.13. The quantitative estimate of drug-likeness (QED) is 0.290. The molecule has 3 N–H and O–H groups in total. The van der Waals surface area contributed by atoms with E-state index in [-0.39, 0.29) is 17.6 Å². The maximum atomic E-state index is 14.3. The molecule has 0 radical (unpaired) electrons. The van der Waals surface area contributed by atoms with E-state index in [4.69, 9.17) is 18.9 Å². The van der Waals surface area contributed by atoms with Crippen LogP contribution in [0, 0.1) is 29.6 Å². The van der Waals surface area contributed by atoms with Crippen LogP contribution in [0.25, 0.3) is 0 Å². The zero-order chi connectivity index (χ0) is 31.1. The van der Waals surface area contributed by atoms with Crippen molar-refractivity contribution in [3.63, 3.8) is 0 Å². The first-order valence-corrected chi connectivity index (χ1v) is 17.7. The SMILES string of the molecule is C=C(C)[C@]12C[C@@H](C)[C@@]34O[C@@]5(C=CCCCCCCCCCCCCC[C@H]6[C@H](C)C(=O)[C@@](O)([C@H](O)[C@@]7(CO)O[C@H]7[C@H]3[C@H]1O5)[C@@H]64)O2. The van der Waals surface area contributed by atoms with E-state index in [2.05, 4.69) is 19.6 Å². The van der Waals surface area contributed by atoms with Crippen molar-refractivity contribution in [1.29, 1.82) is 0 Å². The minimum absolute atomic E-state index is 0.180. The lowest BCUT2D eigenvalue weighted by molar-refractivity contribution is -0.412. The Hall–Kier alpha value is -1.13. The molecule has 246 valence electrons. The fourth-order valence-electron chi connectivity index (χ4n) is 10.9. The molecule has 8 nitrogen and oxygen atoms in total. The molecule has 4 heterocycles. The molecule has 8 heteroatoms. The first-order valence-electron chi connectivity index (χ1n) is 17.7. The zero-order valence-electron chi connectivity index (χ0n) is 27.0. The van der Waals surface area contributed by atoms with Crippen molar-refractivity contribution in [2.75, 3.05) is 6.61 Å². The predicted octanol–water partition coefficient (Wildman–Crippen LogP) is 5.12. The van der Waals surface area contributed by atoms with Crippen molar-refractivity contribution in [2.24, 2.45) is 29.6 Å². The fourth-order valence-corrected chi connectivity index (χ4v) is 10.9. The van der Waals surface area contributed by atoms with Crippen LogP contribution in [0.1, 0.15) is 111 Å². The van der Waals surface area contributed by atoms with Gasteiger partial charge in [-0.1, -0.05) is 90.7 Å². The van der Waals surface area contributed by atoms with Gasteiger partial charge in [-0.2, -0.15) is 0 Å². The van der Waals surface area contributed by atoms with Gasteiger partial charge in [0, 0.05) is 23.8 Å². The molecular formula is C36H54O8. The van der Waals surface area contributed by atoms with Gasteiger partial charge in [0.2, 0.25) is 0 Å². The summed E-state index contributed by atoms with van der Waals surface area (Å²) < 4.78 is 27.3.